The van der Waals surface area contributed by atoms with Gasteiger partial charge >= 0.3 is 0 Å². The smallest absolute Gasteiger partial charge is 0.255 e. The molecule has 2 aliphatic heterocycles. The molecule has 1 amide bonds. The Labute approximate surface area is 99.5 Å². The third kappa shape index (κ3) is 1.86. The monoisotopic (exact) mass is 233 g/mol. The van der Waals surface area contributed by atoms with Gasteiger partial charge in [-0.05, 0) is 17.9 Å². The average Bonchev–Trinajstić information content (AvgIpc) is 2.88. The first-order valence-electron chi connectivity index (χ1n) is 5.88. The van der Waals surface area contributed by atoms with Gasteiger partial charge in [0.25, 0.3) is 5.91 Å². The number of amides is 1. The van der Waals surface area contributed by atoms with Crippen LogP contribution in [0.1, 0.15) is 10.4 Å². The number of hydrogen-bond acceptors (Lipinski definition) is 4. The van der Waals surface area contributed by atoms with Crippen molar-refractivity contribution >= 4 is 5.91 Å². The summed E-state index contributed by atoms with van der Waals surface area (Å²) in [5.41, 5.74) is 0.470. The molecule has 5 heteroatoms. The zero-order valence-corrected chi connectivity index (χ0v) is 9.47. The molecule has 1 aromatic heterocycles. The van der Waals surface area contributed by atoms with Crippen molar-refractivity contribution in [2.45, 2.75) is 0 Å². The average molecular weight is 233 g/mol. The van der Waals surface area contributed by atoms with Crippen LogP contribution in [-0.4, -0.2) is 47.1 Å². The van der Waals surface area contributed by atoms with Crippen LogP contribution in [0.4, 0.5) is 0 Å². The Bertz CT molecular complexity index is 437. The van der Waals surface area contributed by atoms with Gasteiger partial charge in [-0.1, -0.05) is 0 Å². The van der Waals surface area contributed by atoms with E-state index in [1.54, 1.807) is 0 Å². The molecule has 0 radical (unpaired) electrons. The topological polar surface area (TPSA) is 65.5 Å². The Morgan fingerprint density at radius 3 is 2.71 bits per heavy atom. The molecule has 3 heterocycles. The fourth-order valence-corrected chi connectivity index (χ4v) is 2.75. The molecule has 1 aromatic rings. The van der Waals surface area contributed by atoms with Gasteiger partial charge in [-0.25, -0.2) is 0 Å². The Morgan fingerprint density at radius 2 is 2.06 bits per heavy atom. The zero-order chi connectivity index (χ0) is 11.8. The van der Waals surface area contributed by atoms with Crippen molar-refractivity contribution in [2.75, 3.05) is 26.2 Å². The molecule has 0 aliphatic carbocycles. The van der Waals surface area contributed by atoms with E-state index < -0.39 is 0 Å². The van der Waals surface area contributed by atoms with Crippen molar-refractivity contribution < 1.29 is 9.90 Å². The minimum atomic E-state index is -0.0252. The van der Waals surface area contributed by atoms with Crippen LogP contribution < -0.4 is 5.32 Å². The maximum absolute atomic E-state index is 12.2. The summed E-state index contributed by atoms with van der Waals surface area (Å²) in [4.78, 5) is 17.9. The number of hydrogen-bond donors (Lipinski definition) is 2. The molecule has 0 bridgehead atoms. The van der Waals surface area contributed by atoms with E-state index in [0.717, 1.165) is 26.2 Å². The van der Waals surface area contributed by atoms with Crippen LogP contribution in [0.15, 0.2) is 18.5 Å². The molecule has 17 heavy (non-hydrogen) atoms. The molecule has 3 rings (SSSR count). The highest BCUT2D eigenvalue weighted by molar-refractivity contribution is 5.94. The highest BCUT2D eigenvalue weighted by atomic mass is 16.3. The molecule has 2 fully saturated rings. The minimum absolute atomic E-state index is 0.0252. The molecule has 90 valence electrons. The number of pyridine rings is 1. The van der Waals surface area contributed by atoms with E-state index >= 15 is 0 Å². The summed E-state index contributed by atoms with van der Waals surface area (Å²) in [5, 5.41) is 12.7. The fraction of sp³-hybridized carbons (Fsp3) is 0.500. The lowest BCUT2D eigenvalue weighted by Crippen LogP contribution is -2.31. The SMILES string of the molecule is O=C(c1cncc(O)c1)N1CC2CNCC2C1. The normalized spacial score (nSPS) is 27.2. The number of aromatic nitrogens is 1. The number of aromatic hydroxyl groups is 1. The molecule has 2 aliphatic rings. The van der Waals surface area contributed by atoms with Crippen molar-refractivity contribution in [2.24, 2.45) is 11.8 Å². The molecule has 5 nitrogen and oxygen atoms in total. The van der Waals surface area contributed by atoms with Gasteiger partial charge in [0, 0.05) is 32.4 Å². The van der Waals surface area contributed by atoms with Crippen molar-refractivity contribution in [3.63, 3.8) is 0 Å². The van der Waals surface area contributed by atoms with Crippen molar-refractivity contribution in [3.8, 4) is 5.75 Å². The highest BCUT2D eigenvalue weighted by Crippen LogP contribution is 2.27. The third-order valence-electron chi connectivity index (χ3n) is 3.65. The van der Waals surface area contributed by atoms with Gasteiger partial charge in [0.15, 0.2) is 0 Å². The van der Waals surface area contributed by atoms with Crippen LogP contribution in [0, 0.1) is 11.8 Å². The standard InChI is InChI=1S/C12H15N3O2/c16-11-1-8(2-14-5-11)12(17)15-6-9-3-13-4-10(9)7-15/h1-2,5,9-10,13,16H,3-4,6-7H2. The molecule has 2 atom stereocenters. The van der Waals surface area contributed by atoms with Crippen LogP contribution in [0.2, 0.25) is 0 Å². The van der Waals surface area contributed by atoms with Gasteiger partial charge < -0.3 is 15.3 Å². The minimum Gasteiger partial charge on any atom is -0.506 e. The summed E-state index contributed by atoms with van der Waals surface area (Å²) in [5.74, 6) is 1.19. The summed E-state index contributed by atoms with van der Waals surface area (Å²) in [6, 6.07) is 1.47. The molecular weight excluding hydrogens is 218 g/mol. The second-order valence-corrected chi connectivity index (χ2v) is 4.82. The first kappa shape index (κ1) is 10.5. The van der Waals surface area contributed by atoms with Gasteiger partial charge in [-0.3, -0.25) is 9.78 Å². The van der Waals surface area contributed by atoms with Crippen LogP contribution >= 0.6 is 0 Å². The van der Waals surface area contributed by atoms with E-state index in [9.17, 15) is 9.90 Å². The van der Waals surface area contributed by atoms with Gasteiger partial charge in [-0.2, -0.15) is 0 Å². The molecular formula is C12H15N3O2. The predicted molar refractivity (Wildman–Crippen MR) is 61.7 cm³/mol. The van der Waals surface area contributed by atoms with Gasteiger partial charge in [-0.15, -0.1) is 0 Å². The quantitative estimate of drug-likeness (QED) is 0.721. The Balaban J connectivity index is 1.75. The number of nitrogens with one attached hydrogen (secondary N) is 1. The van der Waals surface area contributed by atoms with Gasteiger partial charge in [0.05, 0.1) is 11.8 Å². The number of likely N-dealkylation sites (tertiary alicyclic amines) is 1. The van der Waals surface area contributed by atoms with Crippen LogP contribution in [0.5, 0.6) is 5.75 Å². The molecule has 0 spiro atoms. The molecule has 2 N–H and O–H groups in total. The lowest BCUT2D eigenvalue weighted by Gasteiger charge is -2.17. The van der Waals surface area contributed by atoms with E-state index in [-0.39, 0.29) is 11.7 Å². The van der Waals surface area contributed by atoms with E-state index in [2.05, 4.69) is 10.3 Å². The van der Waals surface area contributed by atoms with Crippen molar-refractivity contribution in [3.05, 3.63) is 24.0 Å². The first-order chi connectivity index (χ1) is 8.24. The number of carbonyl (C=O) groups excluding carboxylic acids is 1. The van der Waals surface area contributed by atoms with Crippen LogP contribution in [-0.2, 0) is 0 Å². The van der Waals surface area contributed by atoms with Crippen LogP contribution in [0.3, 0.4) is 0 Å². The summed E-state index contributed by atoms with van der Waals surface area (Å²) in [6.07, 6.45) is 2.84. The largest absolute Gasteiger partial charge is 0.506 e. The zero-order valence-electron chi connectivity index (χ0n) is 9.47. The maximum atomic E-state index is 12.2. The fourth-order valence-electron chi connectivity index (χ4n) is 2.75. The van der Waals surface area contributed by atoms with E-state index in [0.29, 0.717) is 17.4 Å². The number of rotatable bonds is 1. The number of carbonyl (C=O) groups is 1. The van der Waals surface area contributed by atoms with E-state index in [1.807, 2.05) is 4.90 Å². The summed E-state index contributed by atoms with van der Waals surface area (Å²) >= 11 is 0. The van der Waals surface area contributed by atoms with Gasteiger partial charge in [0.1, 0.15) is 5.75 Å². The highest BCUT2D eigenvalue weighted by Gasteiger charge is 2.38. The van der Waals surface area contributed by atoms with Crippen molar-refractivity contribution in [1.29, 1.82) is 0 Å². The molecule has 0 saturated carbocycles. The van der Waals surface area contributed by atoms with Crippen molar-refractivity contribution in [1.82, 2.24) is 15.2 Å². The first-order valence-corrected chi connectivity index (χ1v) is 5.88. The summed E-state index contributed by atoms with van der Waals surface area (Å²) in [7, 11) is 0. The Kier molecular flexibility index (Phi) is 2.48. The lowest BCUT2D eigenvalue weighted by molar-refractivity contribution is 0.0781. The van der Waals surface area contributed by atoms with Crippen LogP contribution in [0.25, 0.3) is 0 Å². The van der Waals surface area contributed by atoms with E-state index in [4.69, 9.17) is 0 Å². The Hall–Kier alpha value is -1.62. The Morgan fingerprint density at radius 1 is 1.35 bits per heavy atom. The lowest BCUT2D eigenvalue weighted by atomic mass is 10.0. The maximum Gasteiger partial charge on any atom is 0.255 e. The molecule has 0 aromatic carbocycles. The number of fused-ring (bicyclic) bond motifs is 1. The second kappa shape index (κ2) is 4.00. The van der Waals surface area contributed by atoms with E-state index in [1.165, 1.54) is 18.5 Å². The van der Waals surface area contributed by atoms with Gasteiger partial charge in [0.2, 0.25) is 0 Å². The summed E-state index contributed by atoms with van der Waals surface area (Å²) < 4.78 is 0. The second-order valence-electron chi connectivity index (χ2n) is 4.82. The third-order valence-corrected chi connectivity index (χ3v) is 3.65. The summed E-state index contributed by atoms with van der Waals surface area (Å²) in [6.45, 7) is 3.64. The number of nitrogens with zero attached hydrogens (tertiary/aromatic N) is 2. The molecule has 2 unspecified atom stereocenters. The molecule has 2 saturated heterocycles. The predicted octanol–water partition coefficient (Wildman–Crippen LogP) is 0.0786.